The van der Waals surface area contributed by atoms with Gasteiger partial charge in [-0.3, -0.25) is 10.1 Å². The summed E-state index contributed by atoms with van der Waals surface area (Å²) in [5, 5.41) is 3.55. The lowest BCUT2D eigenvalue weighted by molar-refractivity contribution is -0.131. The second-order valence-electron chi connectivity index (χ2n) is 5.85. The van der Waals surface area contributed by atoms with Crippen molar-refractivity contribution in [2.45, 2.75) is 43.4 Å². The third kappa shape index (κ3) is 1.66. The fourth-order valence-corrected chi connectivity index (χ4v) is 3.00. The van der Waals surface area contributed by atoms with Gasteiger partial charge in [-0.1, -0.05) is 12.1 Å². The first-order valence-corrected chi connectivity index (χ1v) is 6.98. The zero-order valence-corrected chi connectivity index (χ0v) is 11.1. The Labute approximate surface area is 112 Å². The highest BCUT2D eigenvalue weighted by molar-refractivity contribution is 5.92. The van der Waals surface area contributed by atoms with Crippen LogP contribution < -0.4 is 10.1 Å². The van der Waals surface area contributed by atoms with Crippen molar-refractivity contribution in [2.24, 2.45) is 0 Å². The molecule has 1 saturated heterocycles. The van der Waals surface area contributed by atoms with E-state index in [-0.39, 0.29) is 11.7 Å². The third-order valence-corrected chi connectivity index (χ3v) is 4.46. The molecule has 1 N–H and O–H groups in total. The van der Waals surface area contributed by atoms with E-state index >= 15 is 0 Å². The Morgan fingerprint density at radius 1 is 1.26 bits per heavy atom. The van der Waals surface area contributed by atoms with Gasteiger partial charge in [0.15, 0.2) is 0 Å². The summed E-state index contributed by atoms with van der Waals surface area (Å²) in [5.74, 6) is 1.17. The molecular formula is C15H18N2O2. The largest absolute Gasteiger partial charge is 0.497 e. The highest BCUT2D eigenvalue weighted by Gasteiger charge is 2.61. The molecule has 1 aromatic carbocycles. The summed E-state index contributed by atoms with van der Waals surface area (Å²) in [7, 11) is 1.67. The summed E-state index contributed by atoms with van der Waals surface area (Å²) in [4.78, 5) is 14.6. The Morgan fingerprint density at radius 3 is 2.47 bits per heavy atom. The molecule has 2 saturated carbocycles. The van der Waals surface area contributed by atoms with Crippen molar-refractivity contribution in [3.63, 3.8) is 0 Å². The molecule has 4 nitrogen and oxygen atoms in total. The molecule has 3 fully saturated rings. The van der Waals surface area contributed by atoms with Gasteiger partial charge in [-0.25, -0.2) is 0 Å². The monoisotopic (exact) mass is 258 g/mol. The maximum atomic E-state index is 12.5. The molecule has 4 rings (SSSR count). The molecule has 100 valence electrons. The number of rotatable bonds is 3. The van der Waals surface area contributed by atoms with E-state index in [1.54, 1.807) is 7.11 Å². The van der Waals surface area contributed by atoms with E-state index in [2.05, 4.69) is 22.3 Å². The lowest BCUT2D eigenvalue weighted by Gasteiger charge is -2.24. The van der Waals surface area contributed by atoms with E-state index < -0.39 is 0 Å². The summed E-state index contributed by atoms with van der Waals surface area (Å²) >= 11 is 0. The van der Waals surface area contributed by atoms with Gasteiger partial charge >= 0.3 is 0 Å². The van der Waals surface area contributed by atoms with Crippen LogP contribution in [0.5, 0.6) is 5.75 Å². The van der Waals surface area contributed by atoms with Gasteiger partial charge < -0.3 is 9.64 Å². The van der Waals surface area contributed by atoms with Crippen molar-refractivity contribution < 1.29 is 9.53 Å². The number of amides is 1. The van der Waals surface area contributed by atoms with Crippen LogP contribution in [0.2, 0.25) is 0 Å². The van der Waals surface area contributed by atoms with Gasteiger partial charge in [-0.15, -0.1) is 0 Å². The molecule has 4 heteroatoms. The Bertz CT molecular complexity index is 517. The van der Waals surface area contributed by atoms with Crippen LogP contribution in [0.3, 0.4) is 0 Å². The molecule has 19 heavy (non-hydrogen) atoms. The molecular weight excluding hydrogens is 240 g/mol. The standard InChI is InChI=1S/C15H18N2O2/c1-19-12-6-2-10(3-7-12)13-16-15(8-9-15)14(18)17(13)11-4-5-11/h2-3,6-7,11,13,16H,4-5,8-9H2,1H3. The number of methoxy groups -OCH3 is 1. The smallest absolute Gasteiger partial charge is 0.244 e. The van der Waals surface area contributed by atoms with Gasteiger partial charge in [0.05, 0.1) is 7.11 Å². The SMILES string of the molecule is COc1ccc(C2NC3(CC3)C(=O)N2C2CC2)cc1. The van der Waals surface area contributed by atoms with E-state index in [4.69, 9.17) is 4.74 Å². The first-order valence-electron chi connectivity index (χ1n) is 6.98. The second-order valence-corrected chi connectivity index (χ2v) is 5.85. The predicted octanol–water partition coefficient (Wildman–Crippen LogP) is 1.82. The number of nitrogens with zero attached hydrogens (tertiary/aromatic N) is 1. The number of nitrogens with one attached hydrogen (secondary N) is 1. The van der Waals surface area contributed by atoms with Crippen LogP contribution in [0.4, 0.5) is 0 Å². The Kier molecular flexibility index (Phi) is 2.22. The first-order chi connectivity index (χ1) is 9.23. The lowest BCUT2D eigenvalue weighted by Crippen LogP contribution is -2.33. The number of carbonyl (C=O) groups is 1. The molecule has 1 unspecified atom stereocenters. The van der Waals surface area contributed by atoms with Crippen molar-refractivity contribution in [3.8, 4) is 5.75 Å². The fraction of sp³-hybridized carbons (Fsp3) is 0.533. The minimum Gasteiger partial charge on any atom is -0.497 e. The molecule has 1 atom stereocenters. The first kappa shape index (κ1) is 11.3. The average Bonchev–Trinajstić information content (AvgIpc) is 3.33. The molecule has 1 heterocycles. The van der Waals surface area contributed by atoms with Gasteiger partial charge in [0.2, 0.25) is 5.91 Å². The summed E-state index contributed by atoms with van der Waals surface area (Å²) < 4.78 is 5.19. The van der Waals surface area contributed by atoms with E-state index in [1.807, 2.05) is 12.1 Å². The van der Waals surface area contributed by atoms with Crippen LogP contribution in [0.25, 0.3) is 0 Å². The molecule has 2 aliphatic carbocycles. The zero-order chi connectivity index (χ0) is 13.0. The van der Waals surface area contributed by atoms with Gasteiger partial charge in [-0.2, -0.15) is 0 Å². The van der Waals surface area contributed by atoms with Crippen molar-refractivity contribution in [3.05, 3.63) is 29.8 Å². The molecule has 0 radical (unpaired) electrons. The average molecular weight is 258 g/mol. The minimum absolute atomic E-state index is 0.0495. The Balaban J connectivity index is 1.66. The van der Waals surface area contributed by atoms with Crippen LogP contribution in [0.15, 0.2) is 24.3 Å². The van der Waals surface area contributed by atoms with Gasteiger partial charge in [0, 0.05) is 6.04 Å². The van der Waals surface area contributed by atoms with Crippen LogP contribution in [-0.4, -0.2) is 29.5 Å². The molecule has 1 amide bonds. The summed E-state index contributed by atoms with van der Waals surface area (Å²) in [6.07, 6.45) is 4.32. The van der Waals surface area contributed by atoms with Crippen LogP contribution in [-0.2, 0) is 4.79 Å². The lowest BCUT2D eigenvalue weighted by atomic mass is 10.1. The number of hydrogen-bond donors (Lipinski definition) is 1. The molecule has 0 bridgehead atoms. The molecule has 3 aliphatic rings. The topological polar surface area (TPSA) is 41.6 Å². The summed E-state index contributed by atoms with van der Waals surface area (Å²) in [5.41, 5.74) is 0.928. The van der Waals surface area contributed by atoms with E-state index in [1.165, 1.54) is 0 Å². The Morgan fingerprint density at radius 2 is 1.95 bits per heavy atom. The highest BCUT2D eigenvalue weighted by atomic mass is 16.5. The van der Waals surface area contributed by atoms with Gasteiger partial charge in [0.1, 0.15) is 17.5 Å². The summed E-state index contributed by atoms with van der Waals surface area (Å²) in [6.45, 7) is 0. The highest BCUT2D eigenvalue weighted by Crippen LogP contribution is 2.49. The Hall–Kier alpha value is -1.55. The molecule has 1 aromatic rings. The van der Waals surface area contributed by atoms with Crippen LogP contribution in [0.1, 0.15) is 37.4 Å². The number of hydrogen-bond acceptors (Lipinski definition) is 3. The minimum atomic E-state index is -0.229. The molecule has 1 spiro atoms. The van der Waals surface area contributed by atoms with Crippen molar-refractivity contribution in [2.75, 3.05) is 7.11 Å². The third-order valence-electron chi connectivity index (χ3n) is 4.46. The van der Waals surface area contributed by atoms with Crippen LogP contribution in [0, 0.1) is 0 Å². The normalized spacial score (nSPS) is 27.9. The van der Waals surface area contributed by atoms with Crippen LogP contribution >= 0.6 is 0 Å². The van der Waals surface area contributed by atoms with E-state index in [0.717, 1.165) is 37.0 Å². The number of ether oxygens (including phenoxy) is 1. The van der Waals surface area contributed by atoms with Gasteiger partial charge in [-0.05, 0) is 43.4 Å². The molecule has 0 aromatic heterocycles. The molecule has 1 aliphatic heterocycles. The van der Waals surface area contributed by atoms with Crippen molar-refractivity contribution in [1.29, 1.82) is 0 Å². The quantitative estimate of drug-likeness (QED) is 0.899. The van der Waals surface area contributed by atoms with E-state index in [9.17, 15) is 4.79 Å². The summed E-state index contributed by atoms with van der Waals surface area (Å²) in [6, 6.07) is 8.49. The fourth-order valence-electron chi connectivity index (χ4n) is 3.00. The number of benzene rings is 1. The predicted molar refractivity (Wildman–Crippen MR) is 70.7 cm³/mol. The van der Waals surface area contributed by atoms with Crippen molar-refractivity contribution >= 4 is 5.91 Å². The van der Waals surface area contributed by atoms with Crippen molar-refractivity contribution in [1.82, 2.24) is 10.2 Å². The maximum absolute atomic E-state index is 12.5. The second kappa shape index (κ2) is 3.73. The van der Waals surface area contributed by atoms with E-state index in [0.29, 0.717) is 11.9 Å². The zero-order valence-electron chi connectivity index (χ0n) is 11.1. The number of carbonyl (C=O) groups excluding carboxylic acids is 1. The maximum Gasteiger partial charge on any atom is 0.244 e. The van der Waals surface area contributed by atoms with Gasteiger partial charge in [0.25, 0.3) is 0 Å².